The van der Waals surface area contributed by atoms with Crippen molar-refractivity contribution in [2.75, 3.05) is 19.7 Å². The lowest BCUT2D eigenvalue weighted by Crippen LogP contribution is -2.22. The number of ether oxygens (including phenoxy) is 1. The summed E-state index contributed by atoms with van der Waals surface area (Å²) in [6.07, 6.45) is 5.76. The molecule has 1 fully saturated rings. The Kier molecular flexibility index (Phi) is 4.58. The zero-order valence-electron chi connectivity index (χ0n) is 12.1. The van der Waals surface area contributed by atoms with Crippen LogP contribution in [0.2, 0.25) is 0 Å². The Labute approximate surface area is 127 Å². The molecule has 22 heavy (non-hydrogen) atoms. The highest BCUT2D eigenvalue weighted by atomic mass is 19.1. The lowest BCUT2D eigenvalue weighted by molar-refractivity contribution is 0.230. The average molecular weight is 305 g/mol. The minimum Gasteiger partial charge on any atom is -0.476 e. The molecule has 3 rings (SSSR count). The van der Waals surface area contributed by atoms with E-state index in [-0.39, 0.29) is 0 Å². The molecule has 1 unspecified atom stereocenters. The van der Waals surface area contributed by atoms with Gasteiger partial charge >= 0.3 is 0 Å². The molecule has 6 heteroatoms. The highest BCUT2D eigenvalue weighted by molar-refractivity contribution is 5.18. The summed E-state index contributed by atoms with van der Waals surface area (Å²) in [5, 5.41) is 0. The number of halogens is 2. The van der Waals surface area contributed by atoms with Crippen molar-refractivity contribution in [2.45, 2.75) is 13.0 Å². The number of aromatic nitrogens is 2. The van der Waals surface area contributed by atoms with E-state index in [1.165, 1.54) is 12.1 Å². The number of hydrogen-bond acceptors (Lipinski definition) is 4. The predicted octanol–water partition coefficient (Wildman–Crippen LogP) is 2.66. The Morgan fingerprint density at radius 2 is 2.18 bits per heavy atom. The maximum Gasteiger partial charge on any atom is 0.232 e. The number of hydrogen-bond donors (Lipinski definition) is 0. The Bertz CT molecular complexity index is 624. The largest absolute Gasteiger partial charge is 0.476 e. The first-order valence-electron chi connectivity index (χ1n) is 7.26. The van der Waals surface area contributed by atoms with Crippen LogP contribution in [0.5, 0.6) is 5.88 Å². The van der Waals surface area contributed by atoms with Crippen LogP contribution < -0.4 is 4.74 Å². The molecule has 0 aliphatic carbocycles. The van der Waals surface area contributed by atoms with Crippen molar-refractivity contribution in [3.05, 3.63) is 54.0 Å². The molecule has 0 bridgehead atoms. The van der Waals surface area contributed by atoms with Crippen molar-refractivity contribution in [3.63, 3.8) is 0 Å². The van der Waals surface area contributed by atoms with Gasteiger partial charge in [-0.05, 0) is 19.0 Å². The summed E-state index contributed by atoms with van der Waals surface area (Å²) in [5.41, 5.74) is 0.525. The van der Waals surface area contributed by atoms with Crippen molar-refractivity contribution in [3.8, 4) is 5.88 Å². The molecule has 1 aromatic carbocycles. The molecule has 0 amide bonds. The molecule has 1 atom stereocenters. The van der Waals surface area contributed by atoms with Gasteiger partial charge in [-0.3, -0.25) is 9.88 Å². The molecule has 0 saturated carbocycles. The van der Waals surface area contributed by atoms with Gasteiger partial charge < -0.3 is 4.74 Å². The van der Waals surface area contributed by atoms with Crippen LogP contribution in [0.4, 0.5) is 8.78 Å². The highest BCUT2D eigenvalue weighted by Gasteiger charge is 2.24. The van der Waals surface area contributed by atoms with Crippen LogP contribution in [0.15, 0.2) is 36.8 Å². The molecular formula is C16H17F2N3O. The van der Waals surface area contributed by atoms with E-state index >= 15 is 0 Å². The third-order valence-electron chi connectivity index (χ3n) is 3.79. The van der Waals surface area contributed by atoms with E-state index in [4.69, 9.17) is 4.74 Å². The van der Waals surface area contributed by atoms with E-state index in [9.17, 15) is 8.78 Å². The third kappa shape index (κ3) is 3.76. The molecule has 1 aromatic heterocycles. The van der Waals surface area contributed by atoms with E-state index in [0.29, 0.717) is 30.5 Å². The second kappa shape index (κ2) is 6.79. The van der Waals surface area contributed by atoms with Crippen LogP contribution in [0, 0.1) is 17.6 Å². The molecule has 0 N–H and O–H groups in total. The topological polar surface area (TPSA) is 38.2 Å². The fraction of sp³-hybridized carbons (Fsp3) is 0.375. The maximum absolute atomic E-state index is 13.7. The number of likely N-dealkylation sites (tertiary alicyclic amines) is 1. The Hall–Kier alpha value is -2.08. The standard InChI is InChI=1S/C16H17F2N3O/c17-14-2-1-13(15(18)7-14)10-21-6-3-12(9-21)11-22-16-8-19-4-5-20-16/h1-2,4-5,7-8,12H,3,6,9-11H2. The van der Waals surface area contributed by atoms with Crippen LogP contribution >= 0.6 is 0 Å². The van der Waals surface area contributed by atoms with Crippen LogP contribution in [0.1, 0.15) is 12.0 Å². The lowest BCUT2D eigenvalue weighted by atomic mass is 10.1. The second-order valence-electron chi connectivity index (χ2n) is 5.48. The van der Waals surface area contributed by atoms with Crippen molar-refractivity contribution in [1.82, 2.24) is 14.9 Å². The summed E-state index contributed by atoms with van der Waals surface area (Å²) in [4.78, 5) is 10.2. The fourth-order valence-corrected chi connectivity index (χ4v) is 2.65. The third-order valence-corrected chi connectivity index (χ3v) is 3.79. The quantitative estimate of drug-likeness (QED) is 0.851. The number of nitrogens with zero attached hydrogens (tertiary/aromatic N) is 3. The van der Waals surface area contributed by atoms with Crippen LogP contribution in [0.25, 0.3) is 0 Å². The van der Waals surface area contributed by atoms with E-state index in [1.807, 2.05) is 0 Å². The molecule has 2 heterocycles. The summed E-state index contributed by atoms with van der Waals surface area (Å²) in [6, 6.07) is 3.73. The monoisotopic (exact) mass is 305 g/mol. The zero-order valence-corrected chi connectivity index (χ0v) is 12.1. The summed E-state index contributed by atoms with van der Waals surface area (Å²) in [7, 11) is 0. The van der Waals surface area contributed by atoms with E-state index in [1.54, 1.807) is 18.6 Å². The van der Waals surface area contributed by atoms with Gasteiger partial charge in [-0.2, -0.15) is 0 Å². The second-order valence-corrected chi connectivity index (χ2v) is 5.48. The molecule has 2 aromatic rings. The molecule has 1 aliphatic rings. The van der Waals surface area contributed by atoms with Gasteiger partial charge in [0.15, 0.2) is 0 Å². The number of rotatable bonds is 5. The normalized spacial score (nSPS) is 18.5. The van der Waals surface area contributed by atoms with Gasteiger partial charge in [0.2, 0.25) is 5.88 Å². The first-order chi connectivity index (χ1) is 10.7. The SMILES string of the molecule is Fc1ccc(CN2CCC(COc3cnccn3)C2)c(F)c1. The minimum absolute atomic E-state index is 0.380. The molecule has 1 saturated heterocycles. The maximum atomic E-state index is 13.7. The van der Waals surface area contributed by atoms with E-state index in [0.717, 1.165) is 25.6 Å². The van der Waals surface area contributed by atoms with Crippen molar-refractivity contribution in [2.24, 2.45) is 5.92 Å². The van der Waals surface area contributed by atoms with Gasteiger partial charge in [0.1, 0.15) is 11.6 Å². The van der Waals surface area contributed by atoms with Crippen LogP contribution in [-0.4, -0.2) is 34.6 Å². The minimum atomic E-state index is -0.544. The van der Waals surface area contributed by atoms with Gasteiger partial charge in [-0.15, -0.1) is 0 Å². The molecule has 116 valence electrons. The lowest BCUT2D eigenvalue weighted by Gasteiger charge is -2.16. The smallest absolute Gasteiger partial charge is 0.232 e. The first kappa shape index (κ1) is 14.8. The molecule has 4 nitrogen and oxygen atoms in total. The van der Waals surface area contributed by atoms with Crippen LogP contribution in [0.3, 0.4) is 0 Å². The van der Waals surface area contributed by atoms with Gasteiger partial charge in [0.25, 0.3) is 0 Å². The zero-order chi connectivity index (χ0) is 15.4. The molecular weight excluding hydrogens is 288 g/mol. The Morgan fingerprint density at radius 3 is 2.95 bits per heavy atom. The fourth-order valence-electron chi connectivity index (χ4n) is 2.65. The van der Waals surface area contributed by atoms with Gasteiger partial charge in [0, 0.05) is 43.0 Å². The molecule has 0 radical (unpaired) electrons. The highest BCUT2D eigenvalue weighted by Crippen LogP contribution is 2.21. The predicted molar refractivity (Wildman–Crippen MR) is 77.3 cm³/mol. The first-order valence-corrected chi connectivity index (χ1v) is 7.26. The summed E-state index contributed by atoms with van der Waals surface area (Å²) in [6.45, 7) is 2.78. The van der Waals surface area contributed by atoms with Crippen molar-refractivity contribution < 1.29 is 13.5 Å². The summed E-state index contributed by atoms with van der Waals surface area (Å²) in [5.74, 6) is -0.131. The summed E-state index contributed by atoms with van der Waals surface area (Å²) >= 11 is 0. The Balaban J connectivity index is 1.50. The van der Waals surface area contributed by atoms with Crippen molar-refractivity contribution in [1.29, 1.82) is 0 Å². The molecule has 0 spiro atoms. The Morgan fingerprint density at radius 1 is 1.27 bits per heavy atom. The summed E-state index contributed by atoms with van der Waals surface area (Å²) < 4.78 is 32.2. The van der Waals surface area contributed by atoms with E-state index in [2.05, 4.69) is 14.9 Å². The average Bonchev–Trinajstić information content (AvgIpc) is 2.97. The van der Waals surface area contributed by atoms with Crippen LogP contribution in [-0.2, 0) is 6.54 Å². The van der Waals surface area contributed by atoms with E-state index < -0.39 is 11.6 Å². The van der Waals surface area contributed by atoms with Gasteiger partial charge in [0.05, 0.1) is 12.8 Å². The van der Waals surface area contributed by atoms with Crippen molar-refractivity contribution >= 4 is 0 Å². The number of benzene rings is 1. The van der Waals surface area contributed by atoms with Gasteiger partial charge in [-0.1, -0.05) is 6.07 Å². The molecule has 1 aliphatic heterocycles. The van der Waals surface area contributed by atoms with Gasteiger partial charge in [-0.25, -0.2) is 13.8 Å².